The molecular formula is C17H26N2O2. The molecule has 4 nitrogen and oxygen atoms in total. The lowest BCUT2D eigenvalue weighted by Crippen LogP contribution is -2.53. The van der Waals surface area contributed by atoms with E-state index in [0.717, 1.165) is 30.5 Å². The maximum Gasteiger partial charge on any atom is 0.238 e. The number of carbonyl (C=O) groups excluding carboxylic acids is 1. The van der Waals surface area contributed by atoms with Gasteiger partial charge < -0.3 is 15.7 Å². The van der Waals surface area contributed by atoms with Gasteiger partial charge in [-0.2, -0.15) is 0 Å². The first kappa shape index (κ1) is 16.0. The molecule has 1 aliphatic rings. The second kappa shape index (κ2) is 7.05. The van der Waals surface area contributed by atoms with Gasteiger partial charge in [0.25, 0.3) is 0 Å². The van der Waals surface area contributed by atoms with Gasteiger partial charge in [-0.25, -0.2) is 0 Å². The second-order valence-corrected chi connectivity index (χ2v) is 6.36. The third-order valence-electron chi connectivity index (χ3n) is 4.44. The molecule has 0 aromatic heterocycles. The summed E-state index contributed by atoms with van der Waals surface area (Å²) >= 11 is 0. The Morgan fingerprint density at radius 1 is 1.43 bits per heavy atom. The van der Waals surface area contributed by atoms with Crippen molar-refractivity contribution >= 4 is 11.6 Å². The SMILES string of the molecule is Cc1ccccc1NC(=O)CNC1(CO)CCCC(C)C1. The van der Waals surface area contributed by atoms with Crippen LogP contribution in [0.15, 0.2) is 24.3 Å². The van der Waals surface area contributed by atoms with Crippen molar-refractivity contribution in [3.63, 3.8) is 0 Å². The molecule has 1 aromatic rings. The van der Waals surface area contributed by atoms with Crippen LogP contribution in [0.25, 0.3) is 0 Å². The summed E-state index contributed by atoms with van der Waals surface area (Å²) in [6.45, 7) is 4.51. The fourth-order valence-corrected chi connectivity index (χ4v) is 3.20. The first-order valence-electron chi connectivity index (χ1n) is 7.76. The van der Waals surface area contributed by atoms with Gasteiger partial charge in [0, 0.05) is 11.2 Å². The van der Waals surface area contributed by atoms with Crippen molar-refractivity contribution in [1.29, 1.82) is 0 Å². The lowest BCUT2D eigenvalue weighted by atomic mass is 9.77. The summed E-state index contributed by atoms with van der Waals surface area (Å²) in [6.07, 6.45) is 4.18. The van der Waals surface area contributed by atoms with Gasteiger partial charge in [0.2, 0.25) is 5.91 Å². The molecular weight excluding hydrogens is 264 g/mol. The quantitative estimate of drug-likeness (QED) is 0.780. The molecule has 1 amide bonds. The van der Waals surface area contributed by atoms with Gasteiger partial charge in [0.1, 0.15) is 0 Å². The van der Waals surface area contributed by atoms with E-state index in [-0.39, 0.29) is 24.6 Å². The fourth-order valence-electron chi connectivity index (χ4n) is 3.20. The van der Waals surface area contributed by atoms with Gasteiger partial charge in [-0.15, -0.1) is 0 Å². The van der Waals surface area contributed by atoms with E-state index in [1.54, 1.807) is 0 Å². The Labute approximate surface area is 126 Å². The maximum atomic E-state index is 12.1. The van der Waals surface area contributed by atoms with Crippen LogP contribution < -0.4 is 10.6 Å². The van der Waals surface area contributed by atoms with Crippen LogP contribution in [0.3, 0.4) is 0 Å². The molecule has 0 heterocycles. The van der Waals surface area contributed by atoms with Gasteiger partial charge in [0.05, 0.1) is 13.2 Å². The van der Waals surface area contributed by atoms with Gasteiger partial charge in [-0.1, -0.05) is 38.0 Å². The van der Waals surface area contributed by atoms with Crippen LogP contribution in [0.4, 0.5) is 5.69 Å². The molecule has 0 radical (unpaired) electrons. The Morgan fingerprint density at radius 3 is 2.86 bits per heavy atom. The molecule has 2 unspecified atom stereocenters. The molecule has 116 valence electrons. The van der Waals surface area contributed by atoms with E-state index in [1.165, 1.54) is 6.42 Å². The van der Waals surface area contributed by atoms with Gasteiger partial charge >= 0.3 is 0 Å². The molecule has 4 heteroatoms. The normalized spacial score (nSPS) is 25.6. The number of aliphatic hydroxyl groups is 1. The summed E-state index contributed by atoms with van der Waals surface area (Å²) in [6, 6.07) is 7.74. The molecule has 1 fully saturated rings. The van der Waals surface area contributed by atoms with Gasteiger partial charge in [-0.05, 0) is 37.3 Å². The predicted molar refractivity (Wildman–Crippen MR) is 85.3 cm³/mol. The number of aliphatic hydroxyl groups excluding tert-OH is 1. The van der Waals surface area contributed by atoms with Crippen molar-refractivity contribution in [2.45, 2.75) is 45.1 Å². The largest absolute Gasteiger partial charge is 0.394 e. The molecule has 0 aliphatic heterocycles. The van der Waals surface area contributed by atoms with Gasteiger partial charge in [-0.3, -0.25) is 4.79 Å². The smallest absolute Gasteiger partial charge is 0.238 e. The zero-order valence-corrected chi connectivity index (χ0v) is 13.0. The second-order valence-electron chi connectivity index (χ2n) is 6.36. The minimum Gasteiger partial charge on any atom is -0.394 e. The highest BCUT2D eigenvalue weighted by atomic mass is 16.3. The first-order chi connectivity index (χ1) is 10.0. The number of hydrogen-bond acceptors (Lipinski definition) is 3. The summed E-state index contributed by atoms with van der Waals surface area (Å²) in [5.74, 6) is 0.535. The molecule has 21 heavy (non-hydrogen) atoms. The third-order valence-corrected chi connectivity index (χ3v) is 4.44. The summed E-state index contributed by atoms with van der Waals surface area (Å²) in [7, 11) is 0. The number of rotatable bonds is 5. The topological polar surface area (TPSA) is 61.4 Å². The molecule has 2 rings (SSSR count). The van der Waals surface area contributed by atoms with Gasteiger partial charge in [0.15, 0.2) is 0 Å². The molecule has 1 aromatic carbocycles. The average Bonchev–Trinajstić information content (AvgIpc) is 2.48. The standard InChI is InChI=1S/C17H26N2O2/c1-13-6-5-9-17(10-13,12-20)18-11-16(21)19-15-8-4-3-7-14(15)2/h3-4,7-8,13,18,20H,5-6,9-12H2,1-2H3,(H,19,21). The number of anilines is 1. The Balaban J connectivity index is 1.89. The van der Waals surface area contributed by atoms with Crippen LogP contribution in [-0.4, -0.2) is 29.7 Å². The number of benzene rings is 1. The summed E-state index contributed by atoms with van der Waals surface area (Å²) in [4.78, 5) is 12.1. The summed E-state index contributed by atoms with van der Waals surface area (Å²) in [5.41, 5.74) is 1.61. The highest BCUT2D eigenvalue weighted by Gasteiger charge is 2.34. The zero-order valence-electron chi connectivity index (χ0n) is 13.0. The molecule has 3 N–H and O–H groups in total. The number of aryl methyl sites for hydroxylation is 1. The number of hydrogen-bond donors (Lipinski definition) is 3. The summed E-state index contributed by atoms with van der Waals surface area (Å²) < 4.78 is 0. The predicted octanol–water partition coefficient (Wildman–Crippen LogP) is 2.46. The van der Waals surface area contributed by atoms with E-state index in [2.05, 4.69) is 17.6 Å². The fraction of sp³-hybridized carbons (Fsp3) is 0.588. The molecule has 0 saturated heterocycles. The van der Waals surface area contributed by atoms with Crippen molar-refractivity contribution in [2.24, 2.45) is 5.92 Å². The minimum absolute atomic E-state index is 0.0599. The van der Waals surface area contributed by atoms with Crippen LogP contribution in [0.2, 0.25) is 0 Å². The highest BCUT2D eigenvalue weighted by Crippen LogP contribution is 2.31. The zero-order chi connectivity index (χ0) is 15.3. The molecule has 1 aliphatic carbocycles. The Bertz CT molecular complexity index is 489. The van der Waals surface area contributed by atoms with E-state index < -0.39 is 0 Å². The highest BCUT2D eigenvalue weighted by molar-refractivity contribution is 5.92. The monoisotopic (exact) mass is 290 g/mol. The maximum absolute atomic E-state index is 12.1. The lowest BCUT2D eigenvalue weighted by molar-refractivity contribution is -0.116. The van der Waals surface area contributed by atoms with E-state index in [9.17, 15) is 9.90 Å². The van der Waals surface area contributed by atoms with Crippen molar-refractivity contribution in [3.8, 4) is 0 Å². The molecule has 0 bridgehead atoms. The molecule has 0 spiro atoms. The average molecular weight is 290 g/mol. The third kappa shape index (κ3) is 4.29. The van der Waals surface area contributed by atoms with Crippen LogP contribution in [0, 0.1) is 12.8 Å². The van der Waals surface area contributed by atoms with Crippen LogP contribution in [-0.2, 0) is 4.79 Å². The Morgan fingerprint density at radius 2 is 2.19 bits per heavy atom. The van der Waals surface area contributed by atoms with E-state index in [1.807, 2.05) is 31.2 Å². The van der Waals surface area contributed by atoms with Crippen LogP contribution in [0.1, 0.15) is 38.2 Å². The molecule has 1 saturated carbocycles. The van der Waals surface area contributed by atoms with Crippen molar-refractivity contribution in [1.82, 2.24) is 5.32 Å². The van der Waals surface area contributed by atoms with Crippen LogP contribution >= 0.6 is 0 Å². The number of para-hydroxylation sites is 1. The van der Waals surface area contributed by atoms with E-state index in [0.29, 0.717) is 5.92 Å². The number of amides is 1. The Hall–Kier alpha value is -1.39. The number of carbonyl (C=O) groups is 1. The summed E-state index contributed by atoms with van der Waals surface area (Å²) in [5, 5.41) is 15.9. The van der Waals surface area contributed by atoms with Crippen molar-refractivity contribution in [3.05, 3.63) is 29.8 Å². The number of nitrogens with one attached hydrogen (secondary N) is 2. The van der Waals surface area contributed by atoms with Crippen molar-refractivity contribution in [2.75, 3.05) is 18.5 Å². The first-order valence-corrected chi connectivity index (χ1v) is 7.76. The Kier molecular flexibility index (Phi) is 5.37. The van der Waals surface area contributed by atoms with Crippen LogP contribution in [0.5, 0.6) is 0 Å². The minimum atomic E-state index is -0.291. The lowest BCUT2D eigenvalue weighted by Gasteiger charge is -2.39. The van der Waals surface area contributed by atoms with Crippen molar-refractivity contribution < 1.29 is 9.90 Å². The van der Waals surface area contributed by atoms with E-state index in [4.69, 9.17) is 0 Å². The molecule has 2 atom stereocenters. The van der Waals surface area contributed by atoms with E-state index >= 15 is 0 Å².